The molecule has 3 saturated heterocycles. The summed E-state index contributed by atoms with van der Waals surface area (Å²) in [6, 6.07) is 6.03. The van der Waals surface area contributed by atoms with Crippen molar-refractivity contribution in [3.05, 3.63) is 36.9 Å². The molecule has 1 aromatic rings. The van der Waals surface area contributed by atoms with Crippen LogP contribution in [0.25, 0.3) is 0 Å². The molecule has 214 valence electrons. The van der Waals surface area contributed by atoms with Gasteiger partial charge in [0, 0.05) is 31.0 Å². The highest BCUT2D eigenvalue weighted by Crippen LogP contribution is 2.63. The molecule has 0 saturated carbocycles. The number of aliphatic hydroxyl groups excluding tert-OH is 1. The van der Waals surface area contributed by atoms with Gasteiger partial charge in [-0.3, -0.25) is 14.4 Å². The van der Waals surface area contributed by atoms with Gasteiger partial charge in [0.1, 0.15) is 11.6 Å². The topological polar surface area (TPSA) is 111 Å². The van der Waals surface area contributed by atoms with E-state index in [0.717, 1.165) is 18.8 Å². The number of carbonyl (C=O) groups excluding carboxylic acids is 2. The Bertz CT molecular complexity index is 1100. The van der Waals surface area contributed by atoms with Crippen LogP contribution in [-0.4, -0.2) is 82.4 Å². The second-order valence-electron chi connectivity index (χ2n) is 11.7. The van der Waals surface area contributed by atoms with Crippen LogP contribution in [0, 0.1) is 17.8 Å². The van der Waals surface area contributed by atoms with E-state index in [1.807, 2.05) is 38.1 Å². The normalized spacial score (nSPS) is 30.0. The monoisotopic (exact) mass is 541 g/mol. The van der Waals surface area contributed by atoms with E-state index in [9.17, 15) is 24.6 Å². The number of hydrogen-bond donors (Lipinski definition) is 2. The molecule has 0 aliphatic carbocycles. The average molecular weight is 542 g/mol. The lowest BCUT2D eigenvalue weighted by Gasteiger charge is -2.40. The highest BCUT2D eigenvalue weighted by atomic mass is 16.5. The minimum atomic E-state index is -1.27. The predicted molar refractivity (Wildman–Crippen MR) is 150 cm³/mol. The molecule has 9 heteroatoms. The molecule has 2 unspecified atom stereocenters. The molecular formula is C30H43N3O6. The van der Waals surface area contributed by atoms with Crippen LogP contribution in [0.4, 0.5) is 11.4 Å². The van der Waals surface area contributed by atoms with Gasteiger partial charge in [-0.15, -0.1) is 6.58 Å². The van der Waals surface area contributed by atoms with Gasteiger partial charge in [0.15, 0.2) is 0 Å². The van der Waals surface area contributed by atoms with Crippen LogP contribution >= 0.6 is 0 Å². The Morgan fingerprint density at radius 2 is 1.79 bits per heavy atom. The highest BCUT2D eigenvalue weighted by Gasteiger charge is 2.78. The Labute approximate surface area is 231 Å². The van der Waals surface area contributed by atoms with E-state index in [0.29, 0.717) is 24.9 Å². The van der Waals surface area contributed by atoms with Gasteiger partial charge in [0.05, 0.1) is 30.1 Å². The summed E-state index contributed by atoms with van der Waals surface area (Å²) in [4.78, 5) is 46.4. The van der Waals surface area contributed by atoms with Crippen LogP contribution in [0.2, 0.25) is 0 Å². The number of carboxylic acids is 1. The lowest BCUT2D eigenvalue weighted by molar-refractivity contribution is -0.156. The van der Waals surface area contributed by atoms with Gasteiger partial charge in [-0.2, -0.15) is 0 Å². The molecule has 2 N–H and O–H groups in total. The molecule has 39 heavy (non-hydrogen) atoms. The van der Waals surface area contributed by atoms with E-state index in [1.165, 1.54) is 4.90 Å². The molecule has 0 aromatic heterocycles. The second-order valence-corrected chi connectivity index (χ2v) is 11.7. The number of carboxylic acid groups (broad SMARTS) is 1. The molecule has 1 aromatic carbocycles. The highest BCUT2D eigenvalue weighted by molar-refractivity contribution is 6.05. The van der Waals surface area contributed by atoms with E-state index in [1.54, 1.807) is 17.9 Å². The molecule has 9 nitrogen and oxygen atoms in total. The SMILES string of the molecule is C=CCN(C(=O)C1N([C@@H](CO)CC(C)C)C(=O)[C@@H]2[C@H](C(=O)O)[C@]3(C)CCC12O3)c1ccc(N(CC)CC)cc1. The molecule has 4 rings (SSSR count). The third-order valence-electron chi connectivity index (χ3n) is 8.93. The fourth-order valence-electron chi connectivity index (χ4n) is 7.26. The summed E-state index contributed by atoms with van der Waals surface area (Å²) in [6.07, 6.45) is 2.96. The fraction of sp³-hybridized carbons (Fsp3) is 0.633. The molecule has 0 radical (unpaired) electrons. The molecular weight excluding hydrogens is 498 g/mol. The van der Waals surface area contributed by atoms with Gasteiger partial charge in [-0.25, -0.2) is 0 Å². The minimum absolute atomic E-state index is 0.144. The number of rotatable bonds is 12. The van der Waals surface area contributed by atoms with Crippen molar-refractivity contribution in [2.24, 2.45) is 17.8 Å². The molecule has 1 spiro atoms. The van der Waals surface area contributed by atoms with Crippen molar-refractivity contribution in [3.8, 4) is 0 Å². The maximum absolute atomic E-state index is 14.6. The maximum atomic E-state index is 14.6. The van der Waals surface area contributed by atoms with Gasteiger partial charge in [0.2, 0.25) is 5.91 Å². The number of anilines is 2. The number of ether oxygens (including phenoxy) is 1. The first kappa shape index (κ1) is 29.1. The largest absolute Gasteiger partial charge is 0.481 e. The number of hydrogen-bond acceptors (Lipinski definition) is 6. The van der Waals surface area contributed by atoms with Gasteiger partial charge in [-0.05, 0) is 70.2 Å². The second kappa shape index (κ2) is 10.9. The van der Waals surface area contributed by atoms with Crippen LogP contribution in [0.1, 0.15) is 53.9 Å². The summed E-state index contributed by atoms with van der Waals surface area (Å²) in [5.41, 5.74) is -0.603. The van der Waals surface area contributed by atoms with Crippen molar-refractivity contribution in [2.45, 2.75) is 77.2 Å². The standard InChI is InChI=1S/C30H43N3O6/c1-7-16-32(21-12-10-20(11-13-21)31(8-2)9-3)27(36)25-30-15-14-29(6,39-30)24(28(37)38)23(30)26(35)33(25)22(18-34)17-19(4)5/h7,10-13,19,22-25,34H,1,8-9,14-18H2,2-6H3,(H,37,38)/t22-,23+,24-,25?,29+,30?/m1/s1. The zero-order valence-corrected chi connectivity index (χ0v) is 23.8. The Morgan fingerprint density at radius 3 is 2.31 bits per heavy atom. The lowest BCUT2D eigenvalue weighted by atomic mass is 9.66. The summed E-state index contributed by atoms with van der Waals surface area (Å²) in [6.45, 7) is 15.3. The number of benzene rings is 1. The average Bonchev–Trinajstić information content (AvgIpc) is 3.47. The third kappa shape index (κ3) is 4.63. The van der Waals surface area contributed by atoms with Crippen LogP contribution in [0.3, 0.4) is 0 Å². The first-order valence-electron chi connectivity index (χ1n) is 14.1. The number of aliphatic hydroxyl groups is 1. The van der Waals surface area contributed by atoms with E-state index in [-0.39, 0.29) is 25.0 Å². The first-order valence-corrected chi connectivity index (χ1v) is 14.1. The van der Waals surface area contributed by atoms with Crippen molar-refractivity contribution < 1.29 is 29.3 Å². The van der Waals surface area contributed by atoms with Crippen molar-refractivity contribution in [3.63, 3.8) is 0 Å². The molecule has 6 atom stereocenters. The summed E-state index contributed by atoms with van der Waals surface area (Å²) >= 11 is 0. The van der Waals surface area contributed by atoms with Gasteiger partial charge in [0.25, 0.3) is 5.91 Å². The van der Waals surface area contributed by atoms with Crippen molar-refractivity contribution in [2.75, 3.05) is 36.0 Å². The smallest absolute Gasteiger partial charge is 0.310 e. The van der Waals surface area contributed by atoms with E-state index >= 15 is 0 Å². The molecule has 3 aliphatic heterocycles. The number of aliphatic carboxylic acids is 1. The van der Waals surface area contributed by atoms with Gasteiger partial charge in [-0.1, -0.05) is 19.9 Å². The Morgan fingerprint density at radius 1 is 1.18 bits per heavy atom. The predicted octanol–water partition coefficient (Wildman–Crippen LogP) is 3.31. The van der Waals surface area contributed by atoms with Crippen molar-refractivity contribution in [1.82, 2.24) is 4.90 Å². The number of carbonyl (C=O) groups is 3. The Hall–Kier alpha value is -2.91. The molecule has 2 amide bonds. The van der Waals surface area contributed by atoms with Crippen LogP contribution in [-0.2, 0) is 19.1 Å². The number of fused-ring (bicyclic) bond motifs is 1. The van der Waals surface area contributed by atoms with E-state index in [4.69, 9.17) is 4.74 Å². The third-order valence-corrected chi connectivity index (χ3v) is 8.93. The number of likely N-dealkylation sites (tertiary alicyclic amines) is 1. The summed E-state index contributed by atoms with van der Waals surface area (Å²) in [7, 11) is 0. The lowest BCUT2D eigenvalue weighted by Crippen LogP contribution is -2.59. The zero-order valence-electron chi connectivity index (χ0n) is 23.8. The van der Waals surface area contributed by atoms with E-state index < -0.39 is 47.0 Å². The summed E-state index contributed by atoms with van der Waals surface area (Å²) in [5.74, 6) is -3.76. The zero-order chi connectivity index (χ0) is 28.7. The fourth-order valence-corrected chi connectivity index (χ4v) is 7.26. The maximum Gasteiger partial charge on any atom is 0.310 e. The Kier molecular flexibility index (Phi) is 8.15. The summed E-state index contributed by atoms with van der Waals surface area (Å²) in [5, 5.41) is 20.6. The van der Waals surface area contributed by atoms with Crippen LogP contribution < -0.4 is 9.80 Å². The van der Waals surface area contributed by atoms with Crippen LogP contribution in [0.15, 0.2) is 36.9 Å². The molecule has 2 bridgehead atoms. The van der Waals surface area contributed by atoms with Gasteiger partial charge >= 0.3 is 5.97 Å². The Balaban J connectivity index is 1.81. The summed E-state index contributed by atoms with van der Waals surface area (Å²) < 4.78 is 6.52. The molecule has 3 fully saturated rings. The number of amides is 2. The first-order chi connectivity index (χ1) is 18.5. The number of nitrogens with zero attached hydrogens (tertiary/aromatic N) is 3. The van der Waals surface area contributed by atoms with Crippen molar-refractivity contribution in [1.29, 1.82) is 0 Å². The minimum Gasteiger partial charge on any atom is -0.481 e. The van der Waals surface area contributed by atoms with Crippen LogP contribution in [0.5, 0.6) is 0 Å². The van der Waals surface area contributed by atoms with Gasteiger partial charge < -0.3 is 29.6 Å². The molecule has 3 heterocycles. The van der Waals surface area contributed by atoms with E-state index in [2.05, 4.69) is 25.3 Å². The quantitative estimate of drug-likeness (QED) is 0.391. The van der Waals surface area contributed by atoms with Crippen molar-refractivity contribution >= 4 is 29.2 Å². The molecule has 3 aliphatic rings.